The number of fused-ring (bicyclic) bond motifs is 1. The van der Waals surface area contributed by atoms with E-state index in [9.17, 15) is 18.3 Å². The number of benzene rings is 1. The molecule has 1 aromatic carbocycles. The first kappa shape index (κ1) is 25.3. The predicted octanol–water partition coefficient (Wildman–Crippen LogP) is 2.60. The van der Waals surface area contributed by atoms with Crippen molar-refractivity contribution < 1.29 is 27.8 Å². The van der Waals surface area contributed by atoms with E-state index in [-0.39, 0.29) is 23.3 Å². The highest BCUT2D eigenvalue weighted by Gasteiger charge is 2.29. The highest BCUT2D eigenvalue weighted by Crippen LogP contribution is 2.33. The summed E-state index contributed by atoms with van der Waals surface area (Å²) in [5.74, 6) is 1.08. The minimum absolute atomic E-state index is 0.0482. The summed E-state index contributed by atoms with van der Waals surface area (Å²) in [6, 6.07) is 4.87. The summed E-state index contributed by atoms with van der Waals surface area (Å²) < 4.78 is 36.5. The molecule has 1 saturated heterocycles. The maximum absolute atomic E-state index is 12.8. The van der Waals surface area contributed by atoms with Crippen molar-refractivity contribution in [2.45, 2.75) is 75.2 Å². The maximum atomic E-state index is 12.8. The Labute approximate surface area is 202 Å². The molecular weight excluding hydrogens is 456 g/mol. The summed E-state index contributed by atoms with van der Waals surface area (Å²) in [7, 11) is -3.16. The first-order valence-corrected chi connectivity index (χ1v) is 14.4. The summed E-state index contributed by atoms with van der Waals surface area (Å²) in [5.41, 5.74) is 0.661. The van der Waals surface area contributed by atoms with Crippen LogP contribution in [-0.2, 0) is 14.6 Å². The van der Waals surface area contributed by atoms with Gasteiger partial charge < -0.3 is 24.8 Å². The molecule has 1 aromatic rings. The number of hydrogen-bond acceptors (Lipinski definition) is 7. The van der Waals surface area contributed by atoms with Crippen molar-refractivity contribution in [2.24, 2.45) is 0 Å². The van der Waals surface area contributed by atoms with Crippen molar-refractivity contribution in [3.63, 3.8) is 0 Å². The fourth-order valence-electron chi connectivity index (χ4n) is 5.25. The van der Waals surface area contributed by atoms with Gasteiger partial charge in [-0.3, -0.25) is 4.79 Å². The number of amides is 1. The first-order valence-electron chi connectivity index (χ1n) is 12.7. The predicted molar refractivity (Wildman–Crippen MR) is 130 cm³/mol. The molecule has 3 aliphatic rings. The molecule has 2 N–H and O–H groups in total. The monoisotopic (exact) mass is 494 g/mol. The molecule has 2 atom stereocenters. The molecule has 2 aliphatic heterocycles. The van der Waals surface area contributed by atoms with Crippen LogP contribution in [0.5, 0.6) is 11.5 Å². The smallest absolute Gasteiger partial charge is 0.220 e. The van der Waals surface area contributed by atoms with Crippen LogP contribution in [0.3, 0.4) is 0 Å². The molecule has 8 nitrogen and oxygen atoms in total. The third-order valence-electron chi connectivity index (χ3n) is 7.18. The van der Waals surface area contributed by atoms with Crippen LogP contribution in [0.15, 0.2) is 18.2 Å². The standard InChI is InChI=1S/C25H38N2O6S/c28-24(9-6-16-34(30,31)20-7-2-1-3-8-20)26-21(18-27-12-4-5-13-27)25(29)19-10-11-22-23(17-19)33-15-14-32-22/h10-11,17,20-21,25,29H,1-9,12-16,18H2,(H,26,28)/t21-,25-/m1/s1. The quantitative estimate of drug-likeness (QED) is 0.515. The van der Waals surface area contributed by atoms with Crippen LogP contribution in [0, 0.1) is 0 Å². The zero-order valence-corrected chi connectivity index (χ0v) is 20.7. The van der Waals surface area contributed by atoms with Crippen molar-refractivity contribution in [3.05, 3.63) is 23.8 Å². The molecule has 1 saturated carbocycles. The summed E-state index contributed by atoms with van der Waals surface area (Å²) in [6.45, 7) is 3.39. The maximum Gasteiger partial charge on any atom is 0.220 e. The van der Waals surface area contributed by atoms with Gasteiger partial charge in [-0.15, -0.1) is 0 Å². The average molecular weight is 495 g/mol. The number of carbonyl (C=O) groups excluding carboxylic acids is 1. The van der Waals surface area contributed by atoms with E-state index >= 15 is 0 Å². The fraction of sp³-hybridized carbons (Fsp3) is 0.720. The van der Waals surface area contributed by atoms with E-state index in [1.165, 1.54) is 0 Å². The van der Waals surface area contributed by atoms with E-state index in [0.29, 0.717) is 43.2 Å². The van der Waals surface area contributed by atoms with Crippen LogP contribution in [0.2, 0.25) is 0 Å². The number of ether oxygens (including phenoxy) is 2. The molecule has 0 aromatic heterocycles. The van der Waals surface area contributed by atoms with Crippen molar-refractivity contribution in [3.8, 4) is 11.5 Å². The number of aliphatic hydroxyl groups is 1. The van der Waals surface area contributed by atoms with E-state index in [1.54, 1.807) is 18.2 Å². The van der Waals surface area contributed by atoms with Gasteiger partial charge in [0.2, 0.25) is 5.91 Å². The second-order valence-electron chi connectivity index (χ2n) is 9.76. The van der Waals surface area contributed by atoms with Crippen LogP contribution < -0.4 is 14.8 Å². The third kappa shape index (κ3) is 6.64. The Morgan fingerprint density at radius 2 is 1.76 bits per heavy atom. The molecule has 0 radical (unpaired) electrons. The lowest BCUT2D eigenvalue weighted by Gasteiger charge is -2.29. The number of nitrogens with zero attached hydrogens (tertiary/aromatic N) is 1. The molecule has 0 bridgehead atoms. The molecule has 0 unspecified atom stereocenters. The Morgan fingerprint density at radius 3 is 2.50 bits per heavy atom. The van der Waals surface area contributed by atoms with Crippen molar-refractivity contribution in [2.75, 3.05) is 38.6 Å². The zero-order valence-electron chi connectivity index (χ0n) is 19.9. The third-order valence-corrected chi connectivity index (χ3v) is 9.53. The molecule has 1 amide bonds. The number of nitrogens with one attached hydrogen (secondary N) is 1. The first-order chi connectivity index (χ1) is 16.4. The Morgan fingerprint density at radius 1 is 1.06 bits per heavy atom. The number of aliphatic hydroxyl groups excluding tert-OH is 1. The molecule has 1 aliphatic carbocycles. The van der Waals surface area contributed by atoms with Crippen LogP contribution in [-0.4, -0.2) is 74.2 Å². The van der Waals surface area contributed by atoms with Crippen molar-refractivity contribution >= 4 is 15.7 Å². The second kappa shape index (κ2) is 11.7. The van der Waals surface area contributed by atoms with Gasteiger partial charge in [0.15, 0.2) is 21.3 Å². The van der Waals surface area contributed by atoms with Crippen molar-refractivity contribution in [1.82, 2.24) is 10.2 Å². The lowest BCUT2D eigenvalue weighted by molar-refractivity contribution is -0.122. The molecular formula is C25H38N2O6S. The van der Waals surface area contributed by atoms with Gasteiger partial charge >= 0.3 is 0 Å². The van der Waals surface area contributed by atoms with Gasteiger partial charge in [0.05, 0.1) is 17.0 Å². The van der Waals surface area contributed by atoms with E-state index < -0.39 is 22.0 Å². The number of likely N-dealkylation sites (tertiary alicyclic amines) is 1. The van der Waals surface area contributed by atoms with Crippen LogP contribution in [0.25, 0.3) is 0 Å². The van der Waals surface area contributed by atoms with Gasteiger partial charge in [-0.25, -0.2) is 8.42 Å². The van der Waals surface area contributed by atoms with Crippen molar-refractivity contribution in [1.29, 1.82) is 0 Å². The molecule has 2 fully saturated rings. The Bertz CT molecular complexity index is 925. The fourth-order valence-corrected chi connectivity index (χ4v) is 7.18. The van der Waals surface area contributed by atoms with E-state index in [2.05, 4.69) is 10.2 Å². The lowest BCUT2D eigenvalue weighted by atomic mass is 10.0. The van der Waals surface area contributed by atoms with E-state index in [0.717, 1.165) is 58.0 Å². The largest absolute Gasteiger partial charge is 0.486 e. The van der Waals surface area contributed by atoms with E-state index in [1.807, 2.05) is 0 Å². The summed E-state index contributed by atoms with van der Waals surface area (Å²) >= 11 is 0. The van der Waals surface area contributed by atoms with Gasteiger partial charge in [0.25, 0.3) is 0 Å². The van der Waals surface area contributed by atoms with E-state index in [4.69, 9.17) is 9.47 Å². The highest BCUT2D eigenvalue weighted by molar-refractivity contribution is 7.92. The Kier molecular flexibility index (Phi) is 8.71. The number of carbonyl (C=O) groups is 1. The molecule has 4 rings (SSSR count). The van der Waals surface area contributed by atoms with Crippen LogP contribution >= 0.6 is 0 Å². The van der Waals surface area contributed by atoms with Crippen LogP contribution in [0.4, 0.5) is 0 Å². The molecule has 9 heteroatoms. The minimum atomic E-state index is -3.16. The SMILES string of the molecule is O=C(CCCS(=O)(=O)C1CCCCC1)N[C@H](CN1CCCC1)[C@H](O)c1ccc2c(c1)OCCO2. The summed E-state index contributed by atoms with van der Waals surface area (Å²) in [5, 5.41) is 13.9. The zero-order chi connectivity index (χ0) is 24.0. The van der Waals surface area contributed by atoms with Gasteiger partial charge in [-0.05, 0) is 62.9 Å². The molecule has 190 valence electrons. The second-order valence-corrected chi connectivity index (χ2v) is 12.2. The highest BCUT2D eigenvalue weighted by atomic mass is 32.2. The van der Waals surface area contributed by atoms with Crippen LogP contribution in [0.1, 0.15) is 69.5 Å². The van der Waals surface area contributed by atoms with Gasteiger partial charge in [0, 0.05) is 13.0 Å². The molecule has 0 spiro atoms. The number of rotatable bonds is 10. The average Bonchev–Trinajstić information content (AvgIpc) is 3.36. The number of hydrogen-bond donors (Lipinski definition) is 2. The van der Waals surface area contributed by atoms with Gasteiger partial charge in [0.1, 0.15) is 19.3 Å². The molecule has 2 heterocycles. The summed E-state index contributed by atoms with van der Waals surface area (Å²) in [4.78, 5) is 15.0. The topological polar surface area (TPSA) is 105 Å². The Hall–Kier alpha value is -1.84. The minimum Gasteiger partial charge on any atom is -0.486 e. The molecule has 34 heavy (non-hydrogen) atoms. The van der Waals surface area contributed by atoms with Gasteiger partial charge in [-0.1, -0.05) is 25.3 Å². The Balaban J connectivity index is 1.36. The lowest BCUT2D eigenvalue weighted by Crippen LogP contribution is -2.46. The van der Waals surface area contributed by atoms with Gasteiger partial charge in [-0.2, -0.15) is 0 Å². The number of sulfone groups is 1. The summed E-state index contributed by atoms with van der Waals surface area (Å²) in [6.07, 6.45) is 6.30. The normalized spacial score (nSPS) is 21.2.